The number of amides is 2. The number of rotatable bonds is 8. The molecule has 0 spiro atoms. The molecule has 0 aliphatic rings. The van der Waals surface area contributed by atoms with Crippen LogP contribution in [0.25, 0.3) is 16.6 Å². The number of carbonyl (C=O) groups is 2. The Hall–Kier alpha value is -4.60. The van der Waals surface area contributed by atoms with Gasteiger partial charge in [-0.15, -0.1) is 0 Å². The van der Waals surface area contributed by atoms with E-state index in [1.807, 2.05) is 0 Å². The lowest BCUT2D eigenvalue weighted by Gasteiger charge is -2.15. The number of fused-ring (bicyclic) bond motifs is 1. The van der Waals surface area contributed by atoms with Crippen molar-refractivity contribution in [3.05, 3.63) is 127 Å². The molecule has 0 aliphatic carbocycles. The third-order valence-corrected chi connectivity index (χ3v) is 6.70. The van der Waals surface area contributed by atoms with E-state index in [9.17, 15) is 19.2 Å². The fraction of sp³-hybridized carbons (Fsp3) is 0.103. The Labute approximate surface area is 237 Å². The van der Waals surface area contributed by atoms with Crippen LogP contribution in [0.4, 0.5) is 5.69 Å². The Morgan fingerprint density at radius 2 is 1.65 bits per heavy atom. The van der Waals surface area contributed by atoms with Crippen molar-refractivity contribution in [1.29, 1.82) is 0 Å². The number of nitrogens with zero attached hydrogens (tertiary/aromatic N) is 2. The number of hydrogen-bond donors (Lipinski definition) is 2. The predicted octanol–water partition coefficient (Wildman–Crippen LogP) is 4.55. The average Bonchev–Trinajstić information content (AvgIpc) is 3.46. The second-order valence-electron chi connectivity index (χ2n) is 8.90. The van der Waals surface area contributed by atoms with Crippen LogP contribution < -0.4 is 21.9 Å². The van der Waals surface area contributed by atoms with Gasteiger partial charge in [-0.05, 0) is 60.2 Å². The van der Waals surface area contributed by atoms with Crippen molar-refractivity contribution >= 4 is 51.6 Å². The molecule has 2 amide bonds. The molecule has 3 aromatic carbocycles. The summed E-state index contributed by atoms with van der Waals surface area (Å²) in [6, 6.07) is 21.2. The molecule has 11 heteroatoms. The number of anilines is 1. The highest BCUT2D eigenvalue weighted by Gasteiger charge is 2.17. The SMILES string of the molecule is O=C(Cc1ccc(-n2c(=O)c3ccccc3n(CC(=O)Nc3ccc(Cl)cc3Cl)c2=O)cc1)NCc1ccco1. The predicted molar refractivity (Wildman–Crippen MR) is 153 cm³/mol. The Kier molecular flexibility index (Phi) is 7.86. The second-order valence-corrected chi connectivity index (χ2v) is 9.74. The monoisotopic (exact) mass is 576 g/mol. The van der Waals surface area contributed by atoms with Crippen LogP contribution in [0.2, 0.25) is 10.0 Å². The largest absolute Gasteiger partial charge is 0.467 e. The van der Waals surface area contributed by atoms with E-state index in [0.717, 1.165) is 4.57 Å². The molecule has 0 saturated heterocycles. The van der Waals surface area contributed by atoms with Crippen molar-refractivity contribution in [2.45, 2.75) is 19.5 Å². The van der Waals surface area contributed by atoms with Crippen LogP contribution in [0.3, 0.4) is 0 Å². The number of aromatic nitrogens is 2. The number of nitrogens with one attached hydrogen (secondary N) is 2. The molecule has 2 N–H and O–H groups in total. The molecule has 0 radical (unpaired) electrons. The number of halogens is 2. The summed E-state index contributed by atoms with van der Waals surface area (Å²) < 4.78 is 7.44. The van der Waals surface area contributed by atoms with Gasteiger partial charge in [0, 0.05) is 5.02 Å². The maximum absolute atomic E-state index is 13.6. The summed E-state index contributed by atoms with van der Waals surface area (Å²) in [6.07, 6.45) is 1.63. The van der Waals surface area contributed by atoms with Gasteiger partial charge in [-0.25, -0.2) is 9.36 Å². The molecule has 202 valence electrons. The Morgan fingerprint density at radius 1 is 0.875 bits per heavy atom. The minimum Gasteiger partial charge on any atom is -0.467 e. The summed E-state index contributed by atoms with van der Waals surface area (Å²) in [7, 11) is 0. The van der Waals surface area contributed by atoms with Crippen LogP contribution in [0.5, 0.6) is 0 Å². The smallest absolute Gasteiger partial charge is 0.336 e. The van der Waals surface area contributed by atoms with Gasteiger partial charge in [0.2, 0.25) is 11.8 Å². The number of hydrogen-bond acceptors (Lipinski definition) is 5. The molecule has 9 nitrogen and oxygen atoms in total. The van der Waals surface area contributed by atoms with Crippen molar-refractivity contribution in [3.8, 4) is 5.69 Å². The summed E-state index contributed by atoms with van der Waals surface area (Å²) in [4.78, 5) is 52.2. The minimum absolute atomic E-state index is 0.102. The van der Waals surface area contributed by atoms with Gasteiger partial charge in [0.05, 0.1) is 46.5 Å². The molecule has 0 saturated carbocycles. The molecule has 0 fully saturated rings. The van der Waals surface area contributed by atoms with E-state index in [-0.39, 0.29) is 35.8 Å². The first-order valence-electron chi connectivity index (χ1n) is 12.2. The molecule has 2 aromatic heterocycles. The lowest BCUT2D eigenvalue weighted by Crippen LogP contribution is -2.40. The Bertz CT molecular complexity index is 1830. The fourth-order valence-corrected chi connectivity index (χ4v) is 4.69. The molecule has 0 unspecified atom stereocenters. The highest BCUT2D eigenvalue weighted by atomic mass is 35.5. The van der Waals surface area contributed by atoms with Crippen molar-refractivity contribution in [1.82, 2.24) is 14.5 Å². The Morgan fingerprint density at radius 3 is 2.38 bits per heavy atom. The molecule has 40 heavy (non-hydrogen) atoms. The number of para-hydroxylation sites is 1. The van der Waals surface area contributed by atoms with E-state index in [4.69, 9.17) is 27.6 Å². The number of carbonyl (C=O) groups excluding carboxylic acids is 2. The van der Waals surface area contributed by atoms with Crippen LogP contribution in [-0.2, 0) is 29.1 Å². The van der Waals surface area contributed by atoms with Crippen molar-refractivity contribution < 1.29 is 14.0 Å². The van der Waals surface area contributed by atoms with E-state index in [1.54, 1.807) is 72.8 Å². The quantitative estimate of drug-likeness (QED) is 0.281. The summed E-state index contributed by atoms with van der Waals surface area (Å²) in [5.74, 6) is -0.0839. The molecule has 0 bridgehead atoms. The van der Waals surface area contributed by atoms with Gasteiger partial charge in [0.25, 0.3) is 5.56 Å². The van der Waals surface area contributed by atoms with Crippen LogP contribution in [0.15, 0.2) is 99.1 Å². The normalized spacial score (nSPS) is 10.9. The van der Waals surface area contributed by atoms with Crippen LogP contribution in [0.1, 0.15) is 11.3 Å². The van der Waals surface area contributed by atoms with Gasteiger partial charge in [0.15, 0.2) is 0 Å². The van der Waals surface area contributed by atoms with E-state index < -0.39 is 17.2 Å². The van der Waals surface area contributed by atoms with Crippen molar-refractivity contribution in [3.63, 3.8) is 0 Å². The molecule has 5 rings (SSSR count). The third kappa shape index (κ3) is 5.85. The summed E-state index contributed by atoms with van der Waals surface area (Å²) in [5.41, 5.74) is 0.429. The fourth-order valence-electron chi connectivity index (χ4n) is 4.24. The minimum atomic E-state index is -0.690. The highest BCUT2D eigenvalue weighted by Crippen LogP contribution is 2.25. The standard InChI is InChI=1S/C29H22Cl2N4O5/c30-19-9-12-24(23(31)15-19)33-27(37)17-34-25-6-2-1-5-22(25)28(38)35(29(34)39)20-10-7-18(8-11-20)14-26(36)32-16-21-4-3-13-40-21/h1-13,15H,14,16-17H2,(H,32,36)(H,33,37). The van der Waals surface area contributed by atoms with E-state index in [0.29, 0.717) is 33.2 Å². The summed E-state index contributed by atoms with van der Waals surface area (Å²) >= 11 is 12.1. The maximum atomic E-state index is 13.6. The van der Waals surface area contributed by atoms with E-state index in [1.165, 1.54) is 16.9 Å². The molecule has 5 aromatic rings. The number of furan rings is 1. The summed E-state index contributed by atoms with van der Waals surface area (Å²) in [5, 5.41) is 6.38. The zero-order valence-corrected chi connectivity index (χ0v) is 22.4. The first-order valence-corrected chi connectivity index (χ1v) is 12.9. The highest BCUT2D eigenvalue weighted by molar-refractivity contribution is 6.36. The zero-order chi connectivity index (χ0) is 28.2. The van der Waals surface area contributed by atoms with Crippen molar-refractivity contribution in [2.75, 3.05) is 5.32 Å². The van der Waals surface area contributed by atoms with Crippen molar-refractivity contribution in [2.24, 2.45) is 0 Å². The van der Waals surface area contributed by atoms with Gasteiger partial charge >= 0.3 is 5.69 Å². The van der Waals surface area contributed by atoms with Gasteiger partial charge in [0.1, 0.15) is 12.3 Å². The number of benzene rings is 3. The maximum Gasteiger partial charge on any atom is 0.336 e. The van der Waals surface area contributed by atoms with E-state index >= 15 is 0 Å². The second kappa shape index (κ2) is 11.6. The van der Waals surface area contributed by atoms with Crippen LogP contribution in [0, 0.1) is 0 Å². The van der Waals surface area contributed by atoms with Gasteiger partial charge in [-0.1, -0.05) is 47.5 Å². The molecule has 0 aliphatic heterocycles. The Balaban J connectivity index is 1.42. The van der Waals surface area contributed by atoms with Gasteiger partial charge < -0.3 is 15.1 Å². The molecule has 0 atom stereocenters. The molecular formula is C29H22Cl2N4O5. The average molecular weight is 577 g/mol. The first-order chi connectivity index (χ1) is 19.3. The molecular weight excluding hydrogens is 555 g/mol. The molecule has 2 heterocycles. The van der Waals surface area contributed by atoms with Gasteiger partial charge in [-0.2, -0.15) is 0 Å². The van der Waals surface area contributed by atoms with Crippen LogP contribution >= 0.6 is 23.2 Å². The van der Waals surface area contributed by atoms with Gasteiger partial charge in [-0.3, -0.25) is 19.0 Å². The topological polar surface area (TPSA) is 115 Å². The third-order valence-electron chi connectivity index (χ3n) is 6.16. The first kappa shape index (κ1) is 27.0. The van der Waals surface area contributed by atoms with E-state index in [2.05, 4.69) is 10.6 Å². The lowest BCUT2D eigenvalue weighted by molar-refractivity contribution is -0.120. The summed E-state index contributed by atoms with van der Waals surface area (Å²) in [6.45, 7) is -0.0970. The zero-order valence-electron chi connectivity index (χ0n) is 20.9. The van der Waals surface area contributed by atoms with Crippen LogP contribution in [-0.4, -0.2) is 20.9 Å². The lowest BCUT2D eigenvalue weighted by atomic mass is 10.1.